The molecule has 3 amide bonds. The van der Waals surface area contributed by atoms with Crippen LogP contribution >= 0.6 is 23.1 Å². The number of allylic oxidation sites excluding steroid dienone is 2. The summed E-state index contributed by atoms with van der Waals surface area (Å²) in [7, 11) is -1.45. The highest BCUT2D eigenvalue weighted by atomic mass is 32.2. The van der Waals surface area contributed by atoms with E-state index in [1.165, 1.54) is 41.0 Å². The van der Waals surface area contributed by atoms with Gasteiger partial charge in [-0.25, -0.2) is 14.6 Å². The van der Waals surface area contributed by atoms with E-state index in [9.17, 15) is 28.8 Å². The van der Waals surface area contributed by atoms with Gasteiger partial charge in [-0.2, -0.15) is 0 Å². The van der Waals surface area contributed by atoms with Crippen molar-refractivity contribution in [3.8, 4) is 0 Å². The standard InChI is InChI=1S/C42H70N4O9S2Si/c1-13-15-16-17-18-22-34(48)56-24-20-19-21-30(26-33(47)53-23-25-58(10,11)12)54-40(51)36(29(5)6)45-37(49)31(14-2)43-38(50)32-27-57-39(44-32)35(28(3)4)46-41(52)55-42(7,8)9/h14,19,21,27-30,35-36H,13,15-18,20,22-26H2,1-12H3,(H,43,50)(H,45,49)(H,46,52)/t30-,35-,36+/m1/s1. The molecule has 3 N–H and O–H groups in total. The summed E-state index contributed by atoms with van der Waals surface area (Å²) in [4.78, 5) is 82.4. The Kier molecular flexibility index (Phi) is 24.1. The number of aromatic nitrogens is 1. The van der Waals surface area contributed by atoms with Gasteiger partial charge in [-0.05, 0) is 64.5 Å². The smallest absolute Gasteiger partial charge is 0.408 e. The molecule has 16 heteroatoms. The molecule has 0 aliphatic carbocycles. The third-order valence-corrected chi connectivity index (χ3v) is 12.1. The molecule has 0 spiro atoms. The van der Waals surface area contributed by atoms with Crippen LogP contribution in [0.4, 0.5) is 4.79 Å². The van der Waals surface area contributed by atoms with E-state index in [0.29, 0.717) is 23.6 Å². The minimum absolute atomic E-state index is 0.0418. The molecule has 1 aromatic heterocycles. The maximum Gasteiger partial charge on any atom is 0.408 e. The normalized spacial score (nSPS) is 13.9. The van der Waals surface area contributed by atoms with Crippen LogP contribution in [-0.2, 0) is 33.4 Å². The van der Waals surface area contributed by atoms with E-state index >= 15 is 0 Å². The second-order valence-corrected chi connectivity index (χ2v) is 24.8. The van der Waals surface area contributed by atoms with Gasteiger partial charge in [0.1, 0.15) is 34.1 Å². The molecular formula is C42H70N4O9S2Si. The zero-order chi connectivity index (χ0) is 44.1. The minimum atomic E-state index is -1.45. The quantitative estimate of drug-likeness (QED) is 0.0213. The molecule has 0 bridgehead atoms. The Morgan fingerprint density at radius 1 is 0.966 bits per heavy atom. The Hall–Kier alpha value is -3.50. The number of carbonyl (C=O) groups is 6. The first-order chi connectivity index (χ1) is 27.1. The summed E-state index contributed by atoms with van der Waals surface area (Å²) >= 11 is 2.46. The van der Waals surface area contributed by atoms with Crippen LogP contribution in [0.15, 0.2) is 29.3 Å². The van der Waals surface area contributed by atoms with Crippen LogP contribution in [0.3, 0.4) is 0 Å². The summed E-state index contributed by atoms with van der Waals surface area (Å²) in [5.41, 5.74) is -0.760. The summed E-state index contributed by atoms with van der Waals surface area (Å²) < 4.78 is 16.7. The van der Waals surface area contributed by atoms with Gasteiger partial charge in [0, 0.05) is 25.6 Å². The van der Waals surface area contributed by atoms with Crippen molar-refractivity contribution in [1.82, 2.24) is 20.9 Å². The molecule has 1 aromatic rings. The molecule has 3 atom stereocenters. The molecule has 13 nitrogen and oxygen atoms in total. The van der Waals surface area contributed by atoms with Crippen LogP contribution in [0.5, 0.6) is 0 Å². The summed E-state index contributed by atoms with van der Waals surface area (Å²) in [5, 5.41) is 10.2. The molecule has 328 valence electrons. The van der Waals surface area contributed by atoms with Crippen LogP contribution in [0.1, 0.15) is 135 Å². The molecule has 0 saturated heterocycles. The van der Waals surface area contributed by atoms with Gasteiger partial charge in [0.2, 0.25) is 0 Å². The van der Waals surface area contributed by atoms with E-state index in [4.69, 9.17) is 14.2 Å². The number of carbonyl (C=O) groups excluding carboxylic acids is 6. The van der Waals surface area contributed by atoms with Gasteiger partial charge in [0.25, 0.3) is 11.8 Å². The molecule has 1 heterocycles. The van der Waals surface area contributed by atoms with Crippen molar-refractivity contribution in [2.24, 2.45) is 11.8 Å². The van der Waals surface area contributed by atoms with E-state index in [0.717, 1.165) is 31.7 Å². The number of rotatable bonds is 25. The van der Waals surface area contributed by atoms with E-state index < -0.39 is 67.6 Å². The zero-order valence-electron chi connectivity index (χ0n) is 36.9. The van der Waals surface area contributed by atoms with Crippen LogP contribution in [0.2, 0.25) is 25.7 Å². The molecule has 0 saturated carbocycles. The predicted molar refractivity (Wildman–Crippen MR) is 235 cm³/mol. The highest BCUT2D eigenvalue weighted by Crippen LogP contribution is 2.26. The first kappa shape index (κ1) is 52.5. The van der Waals surface area contributed by atoms with Crippen molar-refractivity contribution in [2.45, 2.75) is 163 Å². The second kappa shape index (κ2) is 26.6. The highest BCUT2D eigenvalue weighted by molar-refractivity contribution is 8.13. The lowest BCUT2D eigenvalue weighted by Crippen LogP contribution is -2.48. The lowest BCUT2D eigenvalue weighted by molar-refractivity contribution is -0.156. The maximum atomic E-state index is 13.6. The fourth-order valence-corrected chi connectivity index (χ4v) is 7.65. The van der Waals surface area contributed by atoms with Gasteiger partial charge in [-0.15, -0.1) is 11.3 Å². The maximum absolute atomic E-state index is 13.6. The van der Waals surface area contributed by atoms with Crippen molar-refractivity contribution in [3.05, 3.63) is 40.0 Å². The van der Waals surface area contributed by atoms with Gasteiger partial charge in [0.05, 0.1) is 19.1 Å². The number of hydrogen-bond donors (Lipinski definition) is 3. The average Bonchev–Trinajstić information content (AvgIpc) is 3.60. The molecule has 0 radical (unpaired) electrons. The largest absolute Gasteiger partial charge is 0.466 e. The molecule has 0 fully saturated rings. The number of ether oxygens (including phenoxy) is 3. The third-order valence-electron chi connectivity index (χ3n) is 8.48. The van der Waals surface area contributed by atoms with Crippen molar-refractivity contribution in [3.63, 3.8) is 0 Å². The van der Waals surface area contributed by atoms with E-state index in [-0.39, 0.29) is 35.5 Å². The fraction of sp³-hybridized carbons (Fsp3) is 0.690. The van der Waals surface area contributed by atoms with Gasteiger partial charge in [-0.3, -0.25) is 19.2 Å². The Morgan fingerprint density at radius 3 is 2.22 bits per heavy atom. The molecule has 0 aliphatic heterocycles. The molecule has 58 heavy (non-hydrogen) atoms. The predicted octanol–water partition coefficient (Wildman–Crippen LogP) is 8.89. The first-order valence-electron chi connectivity index (χ1n) is 20.5. The van der Waals surface area contributed by atoms with Gasteiger partial charge in [0.15, 0.2) is 5.12 Å². The van der Waals surface area contributed by atoms with Crippen LogP contribution < -0.4 is 16.0 Å². The van der Waals surface area contributed by atoms with Crippen LogP contribution in [0, 0.1) is 11.8 Å². The van der Waals surface area contributed by atoms with Crippen molar-refractivity contribution < 1.29 is 43.0 Å². The summed E-state index contributed by atoms with van der Waals surface area (Å²) in [6, 6.07) is -0.852. The Morgan fingerprint density at radius 2 is 1.64 bits per heavy atom. The lowest BCUT2D eigenvalue weighted by Gasteiger charge is -2.24. The number of nitrogens with one attached hydrogen (secondary N) is 3. The van der Waals surface area contributed by atoms with Crippen molar-refractivity contribution in [1.29, 1.82) is 0 Å². The van der Waals surface area contributed by atoms with Gasteiger partial charge >= 0.3 is 18.0 Å². The highest BCUT2D eigenvalue weighted by Gasteiger charge is 2.31. The van der Waals surface area contributed by atoms with Crippen LogP contribution in [-0.4, -0.2) is 78.1 Å². The number of nitrogens with zero attached hydrogens (tertiary/aromatic N) is 1. The monoisotopic (exact) mass is 866 g/mol. The number of esters is 2. The van der Waals surface area contributed by atoms with Gasteiger partial charge < -0.3 is 30.2 Å². The third kappa shape index (κ3) is 22.6. The summed E-state index contributed by atoms with van der Waals surface area (Å²) in [5.74, 6) is -2.59. The van der Waals surface area contributed by atoms with Crippen molar-refractivity contribution >= 4 is 66.1 Å². The molecular weight excluding hydrogens is 797 g/mol. The number of unbranched alkanes of at least 4 members (excludes halogenated alkanes) is 4. The number of hydrogen-bond acceptors (Lipinski definition) is 12. The number of thioether (sulfide) groups is 1. The number of amides is 3. The first-order valence-corrected chi connectivity index (χ1v) is 26.1. The second-order valence-electron chi connectivity index (χ2n) is 17.1. The number of thiazole rings is 1. The Bertz CT molecular complexity index is 1550. The molecule has 0 unspecified atom stereocenters. The molecule has 0 aliphatic rings. The Balaban J connectivity index is 3.01. The molecule has 1 rings (SSSR count). The fourth-order valence-electron chi connectivity index (χ4n) is 5.15. The number of alkyl carbamates (subject to hydrolysis) is 1. The van der Waals surface area contributed by atoms with Gasteiger partial charge in [-0.1, -0.05) is 104 Å². The van der Waals surface area contributed by atoms with E-state index in [1.807, 2.05) is 13.8 Å². The topological polar surface area (TPSA) is 179 Å². The summed E-state index contributed by atoms with van der Waals surface area (Å²) in [6.45, 7) is 23.1. The summed E-state index contributed by atoms with van der Waals surface area (Å²) in [6.07, 6.45) is 9.49. The zero-order valence-corrected chi connectivity index (χ0v) is 39.5. The average molecular weight is 867 g/mol. The Labute approximate surface area is 356 Å². The minimum Gasteiger partial charge on any atom is -0.466 e. The lowest BCUT2D eigenvalue weighted by atomic mass is 10.0. The van der Waals surface area contributed by atoms with E-state index in [1.54, 1.807) is 53.7 Å². The van der Waals surface area contributed by atoms with Crippen LogP contribution in [0.25, 0.3) is 0 Å². The van der Waals surface area contributed by atoms with E-state index in [2.05, 4.69) is 47.5 Å². The van der Waals surface area contributed by atoms with Crippen molar-refractivity contribution in [2.75, 3.05) is 12.4 Å². The SMILES string of the molecule is CC=C(NC(=O)c1csc([C@H](NC(=O)OC(C)(C)C)C(C)C)n1)C(=O)N[C@H](C(=O)O[C@H](C=CCCSC(=O)CCCCCCC)CC(=O)OCC[Si](C)(C)C)C(C)C. The molecule has 0 aromatic carbocycles.